The van der Waals surface area contributed by atoms with Crippen LogP contribution in [0.4, 0.5) is 10.7 Å². The number of hydrogen-bond donors (Lipinski definition) is 2. The number of aromatic nitrogens is 2. The molecular weight excluding hydrogens is 523 g/mol. The van der Waals surface area contributed by atoms with Gasteiger partial charge in [0.1, 0.15) is 5.00 Å². The number of carbonyl (C=O) groups excluding carboxylic acids is 1. The van der Waals surface area contributed by atoms with Gasteiger partial charge in [-0.1, -0.05) is 42.1 Å². The van der Waals surface area contributed by atoms with Gasteiger partial charge in [0.25, 0.3) is 0 Å². The molecule has 4 rings (SSSR count). The monoisotopic (exact) mass is 550 g/mol. The number of hydrogen-bond acceptors (Lipinski definition) is 5. The van der Waals surface area contributed by atoms with E-state index in [4.69, 9.17) is 40.2 Å². The van der Waals surface area contributed by atoms with Gasteiger partial charge in [-0.25, -0.2) is 4.79 Å². The van der Waals surface area contributed by atoms with Crippen molar-refractivity contribution in [3.8, 4) is 0 Å². The molecular formula is C25H28Cl2N4O2S2. The first kappa shape index (κ1) is 25.9. The van der Waals surface area contributed by atoms with Gasteiger partial charge in [-0.3, -0.25) is 4.68 Å². The van der Waals surface area contributed by atoms with Crippen molar-refractivity contribution in [1.82, 2.24) is 9.78 Å². The van der Waals surface area contributed by atoms with E-state index >= 15 is 0 Å². The lowest BCUT2D eigenvalue weighted by molar-refractivity contribution is 0.0601. The van der Waals surface area contributed by atoms with Crippen LogP contribution in [-0.2, 0) is 24.1 Å². The van der Waals surface area contributed by atoms with E-state index in [2.05, 4.69) is 15.7 Å². The van der Waals surface area contributed by atoms with Crippen molar-refractivity contribution >= 4 is 68.5 Å². The third-order valence-corrected chi connectivity index (χ3v) is 8.24. The molecule has 0 spiro atoms. The molecule has 0 saturated heterocycles. The summed E-state index contributed by atoms with van der Waals surface area (Å²) in [5.74, 6) is -0.326. The average molecular weight is 552 g/mol. The van der Waals surface area contributed by atoms with Gasteiger partial charge >= 0.3 is 5.97 Å². The first-order valence-corrected chi connectivity index (χ1v) is 13.5. The largest absolute Gasteiger partial charge is 0.465 e. The van der Waals surface area contributed by atoms with E-state index in [0.717, 1.165) is 58.9 Å². The second-order valence-corrected chi connectivity index (χ2v) is 11.0. The zero-order valence-electron chi connectivity index (χ0n) is 20.0. The number of anilines is 2. The smallest absolute Gasteiger partial charge is 0.341 e. The lowest BCUT2D eigenvalue weighted by Gasteiger charge is -2.12. The fourth-order valence-electron chi connectivity index (χ4n) is 4.42. The van der Waals surface area contributed by atoms with Gasteiger partial charge in [-0.2, -0.15) is 5.10 Å². The fraction of sp³-hybridized carbons (Fsp3) is 0.400. The predicted octanol–water partition coefficient (Wildman–Crippen LogP) is 7.17. The topological polar surface area (TPSA) is 68.2 Å². The third-order valence-electron chi connectivity index (χ3n) is 6.24. The standard InChI is InChI=1S/C25H28Cl2N4O2S2/c1-14-22(15(2)31(30-14)13-16-10-11-17(26)12-19(16)27)28-25(34)29-23-21(24(32)33-3)18-8-6-4-5-7-9-20(18)35-23/h10-12H,4-9,13H2,1-3H3,(H2,28,29,34). The molecule has 0 fully saturated rings. The number of aryl methyl sites for hydroxylation is 2. The van der Waals surface area contributed by atoms with Crippen molar-refractivity contribution in [3.63, 3.8) is 0 Å². The number of thiophene rings is 1. The van der Waals surface area contributed by atoms with Gasteiger partial charge < -0.3 is 15.4 Å². The van der Waals surface area contributed by atoms with Gasteiger partial charge in [0.05, 0.1) is 36.3 Å². The Balaban J connectivity index is 1.55. The number of thiocarbonyl (C=S) groups is 1. The zero-order chi connectivity index (χ0) is 25.1. The maximum Gasteiger partial charge on any atom is 0.341 e. The molecule has 186 valence electrons. The molecule has 1 aliphatic carbocycles. The first-order chi connectivity index (χ1) is 16.8. The Morgan fingerprint density at radius 2 is 1.91 bits per heavy atom. The fourth-order valence-corrected chi connectivity index (χ4v) is 6.44. The van der Waals surface area contributed by atoms with Crippen LogP contribution >= 0.6 is 46.8 Å². The van der Waals surface area contributed by atoms with Crippen LogP contribution in [-0.4, -0.2) is 28.0 Å². The summed E-state index contributed by atoms with van der Waals surface area (Å²) in [5, 5.41) is 13.5. The Labute approximate surface area is 225 Å². The molecule has 10 heteroatoms. The molecule has 0 aliphatic heterocycles. The summed E-state index contributed by atoms with van der Waals surface area (Å²) in [6.45, 7) is 4.41. The number of esters is 1. The number of carbonyl (C=O) groups is 1. The molecule has 2 aromatic heterocycles. The van der Waals surface area contributed by atoms with E-state index in [1.165, 1.54) is 24.8 Å². The molecule has 1 aromatic carbocycles. The van der Waals surface area contributed by atoms with Crippen LogP contribution in [0.25, 0.3) is 0 Å². The molecule has 3 aromatic rings. The number of nitrogens with zero attached hydrogens (tertiary/aromatic N) is 2. The van der Waals surface area contributed by atoms with Crippen LogP contribution in [0.2, 0.25) is 10.0 Å². The Morgan fingerprint density at radius 1 is 1.17 bits per heavy atom. The molecule has 0 atom stereocenters. The highest BCUT2D eigenvalue weighted by Crippen LogP contribution is 2.37. The number of ether oxygens (including phenoxy) is 1. The van der Waals surface area contributed by atoms with E-state index < -0.39 is 0 Å². The summed E-state index contributed by atoms with van der Waals surface area (Å²) in [6.07, 6.45) is 6.47. The van der Waals surface area contributed by atoms with Crippen LogP contribution in [0.5, 0.6) is 0 Å². The van der Waals surface area contributed by atoms with Crippen LogP contribution in [0.1, 0.15) is 63.4 Å². The van der Waals surface area contributed by atoms with Crippen molar-refractivity contribution in [2.45, 2.75) is 58.9 Å². The highest BCUT2D eigenvalue weighted by molar-refractivity contribution is 7.80. The summed E-state index contributed by atoms with van der Waals surface area (Å²) in [4.78, 5) is 13.9. The molecule has 35 heavy (non-hydrogen) atoms. The second kappa shape index (κ2) is 11.3. The molecule has 2 heterocycles. The molecule has 0 amide bonds. The van der Waals surface area contributed by atoms with Gasteiger partial charge in [0.15, 0.2) is 5.11 Å². The van der Waals surface area contributed by atoms with E-state index in [0.29, 0.717) is 27.3 Å². The minimum absolute atomic E-state index is 0.326. The molecule has 0 saturated carbocycles. The summed E-state index contributed by atoms with van der Waals surface area (Å²) >= 11 is 19.6. The van der Waals surface area contributed by atoms with Crippen LogP contribution in [0, 0.1) is 13.8 Å². The summed E-state index contributed by atoms with van der Waals surface area (Å²) in [7, 11) is 1.42. The normalized spacial score (nSPS) is 13.5. The van der Waals surface area contributed by atoms with E-state index in [9.17, 15) is 4.79 Å². The lowest BCUT2D eigenvalue weighted by atomic mass is 9.96. The Hall–Kier alpha value is -2.13. The van der Waals surface area contributed by atoms with E-state index in [1.807, 2.05) is 30.7 Å². The van der Waals surface area contributed by atoms with Crippen molar-refractivity contribution < 1.29 is 9.53 Å². The predicted molar refractivity (Wildman–Crippen MR) is 149 cm³/mol. The maximum absolute atomic E-state index is 12.7. The molecule has 2 N–H and O–H groups in total. The Bertz CT molecular complexity index is 1270. The highest BCUT2D eigenvalue weighted by atomic mass is 35.5. The summed E-state index contributed by atoms with van der Waals surface area (Å²) in [6, 6.07) is 5.44. The molecule has 0 radical (unpaired) electrons. The first-order valence-electron chi connectivity index (χ1n) is 11.6. The van der Waals surface area contributed by atoms with Gasteiger partial charge in [-0.05, 0) is 75.0 Å². The van der Waals surface area contributed by atoms with E-state index in [1.54, 1.807) is 17.4 Å². The number of halogens is 2. The number of nitrogens with one attached hydrogen (secondary N) is 2. The Morgan fingerprint density at radius 3 is 2.63 bits per heavy atom. The number of benzene rings is 1. The zero-order valence-corrected chi connectivity index (χ0v) is 23.1. The van der Waals surface area contributed by atoms with Crippen LogP contribution < -0.4 is 10.6 Å². The van der Waals surface area contributed by atoms with Crippen molar-refractivity contribution in [2.75, 3.05) is 17.7 Å². The van der Waals surface area contributed by atoms with Crippen molar-refractivity contribution in [1.29, 1.82) is 0 Å². The van der Waals surface area contributed by atoms with Crippen molar-refractivity contribution in [3.05, 3.63) is 61.2 Å². The second-order valence-electron chi connectivity index (χ2n) is 8.63. The average Bonchev–Trinajstić information content (AvgIpc) is 3.25. The number of rotatable bonds is 5. The molecule has 0 bridgehead atoms. The summed E-state index contributed by atoms with van der Waals surface area (Å²) < 4.78 is 7.00. The maximum atomic E-state index is 12.7. The number of fused-ring (bicyclic) bond motifs is 1. The van der Waals surface area contributed by atoms with Crippen LogP contribution in [0.15, 0.2) is 18.2 Å². The van der Waals surface area contributed by atoms with E-state index in [-0.39, 0.29) is 5.97 Å². The molecule has 0 unspecified atom stereocenters. The van der Waals surface area contributed by atoms with Gasteiger partial charge in [0.2, 0.25) is 0 Å². The number of methoxy groups -OCH3 is 1. The van der Waals surface area contributed by atoms with Crippen LogP contribution in [0.3, 0.4) is 0 Å². The minimum atomic E-state index is -0.326. The van der Waals surface area contributed by atoms with Crippen molar-refractivity contribution in [2.24, 2.45) is 0 Å². The summed E-state index contributed by atoms with van der Waals surface area (Å²) in [5.41, 5.74) is 5.19. The Kier molecular flexibility index (Phi) is 8.37. The molecule has 6 nitrogen and oxygen atoms in total. The van der Waals surface area contributed by atoms with Gasteiger partial charge in [-0.15, -0.1) is 11.3 Å². The lowest BCUT2D eigenvalue weighted by Crippen LogP contribution is -2.21. The minimum Gasteiger partial charge on any atom is -0.465 e. The SMILES string of the molecule is COC(=O)c1c(NC(=S)Nc2c(C)nn(Cc3ccc(Cl)cc3Cl)c2C)sc2c1CCCCCC2. The quantitative estimate of drug-likeness (QED) is 0.259. The third kappa shape index (κ3) is 5.82. The highest BCUT2D eigenvalue weighted by Gasteiger charge is 2.25. The molecule has 1 aliphatic rings. The van der Waals surface area contributed by atoms with Gasteiger partial charge in [0, 0.05) is 14.9 Å².